The quantitative estimate of drug-likeness (QED) is 0.195. The predicted octanol–water partition coefficient (Wildman–Crippen LogP) is 5.32. The summed E-state index contributed by atoms with van der Waals surface area (Å²) < 4.78 is 2.67. The smallest absolute Gasteiger partial charge is 0.269 e. The summed E-state index contributed by atoms with van der Waals surface area (Å²) in [5.74, 6) is 0.549. The van der Waals surface area contributed by atoms with Crippen molar-refractivity contribution in [3.8, 4) is 0 Å². The number of rotatable bonds is 6. The zero-order chi connectivity index (χ0) is 21.8. The summed E-state index contributed by atoms with van der Waals surface area (Å²) in [5, 5.41) is 11.4. The summed E-state index contributed by atoms with van der Waals surface area (Å²) in [7, 11) is 0. The maximum atomic E-state index is 13.3. The average Bonchev–Trinajstić information content (AvgIpc) is 2.78. The fourth-order valence-electron chi connectivity index (χ4n) is 3.32. The molecule has 0 N–H and O–H groups in total. The molecule has 0 fully saturated rings. The maximum absolute atomic E-state index is 13.3. The van der Waals surface area contributed by atoms with Crippen LogP contribution in [-0.4, -0.2) is 14.5 Å². The van der Waals surface area contributed by atoms with E-state index in [9.17, 15) is 14.9 Å². The molecule has 4 aromatic rings. The molecule has 0 saturated carbocycles. The molecule has 0 amide bonds. The van der Waals surface area contributed by atoms with Gasteiger partial charge in [-0.25, -0.2) is 4.98 Å². The van der Waals surface area contributed by atoms with Crippen LogP contribution >= 0.6 is 22.6 Å². The zero-order valence-electron chi connectivity index (χ0n) is 16.4. The highest BCUT2D eigenvalue weighted by Gasteiger charge is 2.10. The van der Waals surface area contributed by atoms with E-state index < -0.39 is 4.92 Å². The van der Waals surface area contributed by atoms with E-state index in [-0.39, 0.29) is 11.2 Å². The average molecular weight is 523 g/mol. The molecule has 0 aliphatic carbocycles. The number of benzene rings is 3. The number of aromatic nitrogens is 2. The molecular formula is C24H18IN3O3. The highest BCUT2D eigenvalue weighted by molar-refractivity contribution is 14.1. The minimum atomic E-state index is -0.430. The summed E-state index contributed by atoms with van der Waals surface area (Å²) in [6.45, 7) is 0.497. The van der Waals surface area contributed by atoms with Crippen molar-refractivity contribution >= 4 is 51.3 Å². The van der Waals surface area contributed by atoms with E-state index in [0.717, 1.165) is 14.7 Å². The minimum absolute atomic E-state index is 0.0374. The number of nitro benzene ring substituents is 1. The lowest BCUT2D eigenvalue weighted by atomic mass is 10.1. The number of aryl methyl sites for hydroxylation is 1. The third-order valence-corrected chi connectivity index (χ3v) is 5.61. The third-order valence-electron chi connectivity index (χ3n) is 4.94. The molecule has 0 aliphatic heterocycles. The monoisotopic (exact) mass is 523 g/mol. The van der Waals surface area contributed by atoms with Gasteiger partial charge in [0.2, 0.25) is 0 Å². The first-order valence-electron chi connectivity index (χ1n) is 9.68. The van der Waals surface area contributed by atoms with Crippen LogP contribution in [0.1, 0.15) is 17.0 Å². The first-order valence-corrected chi connectivity index (χ1v) is 10.8. The van der Waals surface area contributed by atoms with E-state index in [4.69, 9.17) is 4.98 Å². The van der Waals surface area contributed by atoms with Crippen molar-refractivity contribution < 1.29 is 4.92 Å². The topological polar surface area (TPSA) is 78.0 Å². The first kappa shape index (κ1) is 20.9. The van der Waals surface area contributed by atoms with Crippen LogP contribution < -0.4 is 5.56 Å². The normalized spacial score (nSPS) is 11.3. The van der Waals surface area contributed by atoms with Gasteiger partial charge < -0.3 is 0 Å². The van der Waals surface area contributed by atoms with Crippen LogP contribution in [0.5, 0.6) is 0 Å². The number of nitrogens with zero attached hydrogens (tertiary/aromatic N) is 3. The second-order valence-electron chi connectivity index (χ2n) is 7.01. The van der Waals surface area contributed by atoms with Gasteiger partial charge in [0.1, 0.15) is 5.82 Å². The first-order chi connectivity index (χ1) is 15.0. The van der Waals surface area contributed by atoms with Crippen LogP contribution in [0.3, 0.4) is 0 Å². The van der Waals surface area contributed by atoms with E-state index in [2.05, 4.69) is 22.6 Å². The lowest BCUT2D eigenvalue weighted by molar-refractivity contribution is -0.384. The molecule has 0 radical (unpaired) electrons. The van der Waals surface area contributed by atoms with E-state index in [1.54, 1.807) is 22.8 Å². The fraction of sp³-hybridized carbons (Fsp3) is 0.0833. The second-order valence-corrected chi connectivity index (χ2v) is 8.25. The summed E-state index contributed by atoms with van der Waals surface area (Å²) >= 11 is 2.19. The van der Waals surface area contributed by atoms with Gasteiger partial charge >= 0.3 is 0 Å². The number of nitro groups is 1. The highest BCUT2D eigenvalue weighted by atomic mass is 127. The molecule has 0 saturated heterocycles. The lowest BCUT2D eigenvalue weighted by Crippen LogP contribution is -2.25. The van der Waals surface area contributed by atoms with Crippen molar-refractivity contribution in [2.45, 2.75) is 13.0 Å². The zero-order valence-corrected chi connectivity index (χ0v) is 18.6. The van der Waals surface area contributed by atoms with Crippen molar-refractivity contribution in [2.24, 2.45) is 0 Å². The Bertz CT molecular complexity index is 1330. The summed E-state index contributed by atoms with van der Waals surface area (Å²) in [6, 6.07) is 21.9. The Hall–Kier alpha value is -3.33. The molecule has 6 nitrogen and oxygen atoms in total. The number of fused-ring (bicyclic) bond motifs is 1. The summed E-state index contributed by atoms with van der Waals surface area (Å²) in [4.78, 5) is 28.4. The van der Waals surface area contributed by atoms with E-state index >= 15 is 0 Å². The van der Waals surface area contributed by atoms with Crippen LogP contribution in [0.25, 0.3) is 23.1 Å². The van der Waals surface area contributed by atoms with E-state index in [1.807, 2.05) is 54.6 Å². The SMILES string of the molecule is O=c1c2cc(I)ccc2nc(C=Cc2ccc([N+](=O)[O-])cc2)n1CCc1ccccc1. The van der Waals surface area contributed by atoms with Crippen molar-refractivity contribution in [1.82, 2.24) is 9.55 Å². The molecule has 1 heterocycles. The van der Waals surface area contributed by atoms with Gasteiger partial charge in [0.15, 0.2) is 0 Å². The molecule has 4 rings (SSSR count). The van der Waals surface area contributed by atoms with Gasteiger partial charge in [-0.2, -0.15) is 0 Å². The molecular weight excluding hydrogens is 505 g/mol. The highest BCUT2D eigenvalue weighted by Crippen LogP contribution is 2.17. The van der Waals surface area contributed by atoms with Gasteiger partial charge in [0.05, 0.1) is 15.8 Å². The predicted molar refractivity (Wildman–Crippen MR) is 131 cm³/mol. The van der Waals surface area contributed by atoms with Gasteiger partial charge in [0.25, 0.3) is 11.2 Å². The van der Waals surface area contributed by atoms with Crippen LogP contribution in [0.4, 0.5) is 5.69 Å². The molecule has 3 aromatic carbocycles. The Morgan fingerprint density at radius 1 is 1.00 bits per heavy atom. The molecule has 0 aliphatic rings. The number of non-ortho nitro benzene ring substituents is 1. The van der Waals surface area contributed by atoms with Crippen LogP contribution in [0.2, 0.25) is 0 Å². The summed E-state index contributed by atoms with van der Waals surface area (Å²) in [6.07, 6.45) is 4.30. The van der Waals surface area contributed by atoms with Gasteiger partial charge in [-0.15, -0.1) is 0 Å². The van der Waals surface area contributed by atoms with Crippen molar-refractivity contribution in [3.63, 3.8) is 0 Å². The molecule has 0 atom stereocenters. The number of halogens is 1. The molecule has 7 heteroatoms. The van der Waals surface area contributed by atoms with Gasteiger partial charge in [0, 0.05) is 22.2 Å². The van der Waals surface area contributed by atoms with E-state index in [1.165, 1.54) is 12.1 Å². The molecule has 31 heavy (non-hydrogen) atoms. The van der Waals surface area contributed by atoms with Crippen LogP contribution in [0, 0.1) is 13.7 Å². The standard InChI is InChI=1S/C24H18IN3O3/c25-19-9-12-22-21(16-19)24(29)27(15-14-17-4-2-1-3-5-17)23(26-22)13-8-18-6-10-20(11-7-18)28(30)31/h1-13,16H,14-15H2. The number of hydrogen-bond acceptors (Lipinski definition) is 4. The fourth-order valence-corrected chi connectivity index (χ4v) is 3.81. The van der Waals surface area contributed by atoms with Crippen LogP contribution in [0.15, 0.2) is 77.6 Å². The Morgan fingerprint density at radius 2 is 1.74 bits per heavy atom. The van der Waals surface area contributed by atoms with Gasteiger partial charge in [-0.3, -0.25) is 19.5 Å². The largest absolute Gasteiger partial charge is 0.292 e. The van der Waals surface area contributed by atoms with Gasteiger partial charge in [-0.1, -0.05) is 36.4 Å². The Morgan fingerprint density at radius 3 is 2.45 bits per heavy atom. The third kappa shape index (κ3) is 4.88. The second kappa shape index (κ2) is 9.22. The molecule has 1 aromatic heterocycles. The molecule has 154 valence electrons. The Kier molecular flexibility index (Phi) is 6.22. The molecule has 0 bridgehead atoms. The minimum Gasteiger partial charge on any atom is -0.292 e. The van der Waals surface area contributed by atoms with Gasteiger partial charge in [-0.05, 0) is 76.5 Å². The molecule has 0 unspecified atom stereocenters. The molecule has 0 spiro atoms. The Balaban J connectivity index is 1.73. The van der Waals surface area contributed by atoms with E-state index in [0.29, 0.717) is 29.7 Å². The lowest BCUT2D eigenvalue weighted by Gasteiger charge is -2.12. The summed E-state index contributed by atoms with van der Waals surface area (Å²) in [5.41, 5.74) is 2.53. The van der Waals surface area contributed by atoms with Crippen molar-refractivity contribution in [2.75, 3.05) is 0 Å². The van der Waals surface area contributed by atoms with Crippen molar-refractivity contribution in [3.05, 3.63) is 114 Å². The number of hydrogen-bond donors (Lipinski definition) is 0. The Labute approximate surface area is 192 Å². The van der Waals surface area contributed by atoms with Crippen molar-refractivity contribution in [1.29, 1.82) is 0 Å². The maximum Gasteiger partial charge on any atom is 0.269 e. The van der Waals surface area contributed by atoms with Crippen LogP contribution in [-0.2, 0) is 13.0 Å².